The first kappa shape index (κ1) is 8.51. The maximum Gasteiger partial charge on any atom is 0.0828 e. The van der Waals surface area contributed by atoms with E-state index in [0.29, 0.717) is 5.92 Å². The summed E-state index contributed by atoms with van der Waals surface area (Å²) in [5, 5.41) is 9.84. The Morgan fingerprint density at radius 3 is 2.58 bits per heavy atom. The molecule has 0 bridgehead atoms. The van der Waals surface area contributed by atoms with Crippen molar-refractivity contribution in [3.05, 3.63) is 33.4 Å². The second kappa shape index (κ2) is 3.34. The molecule has 12 heavy (non-hydrogen) atoms. The van der Waals surface area contributed by atoms with Crippen molar-refractivity contribution < 1.29 is 5.11 Å². The Labute approximate surface area is 85.9 Å². The van der Waals surface area contributed by atoms with Crippen molar-refractivity contribution in [3.63, 3.8) is 0 Å². The van der Waals surface area contributed by atoms with Gasteiger partial charge in [-0.1, -0.05) is 18.2 Å². The zero-order valence-corrected chi connectivity index (χ0v) is 8.86. The van der Waals surface area contributed by atoms with Crippen LogP contribution in [0.2, 0.25) is 0 Å². The third-order valence-corrected chi connectivity index (χ3v) is 3.27. The predicted molar refractivity (Wildman–Crippen MR) is 56.8 cm³/mol. The number of hydrogen-bond acceptors (Lipinski definition) is 1. The molecule has 1 fully saturated rings. The van der Waals surface area contributed by atoms with Crippen LogP contribution in [0.5, 0.6) is 0 Å². The van der Waals surface area contributed by atoms with Crippen molar-refractivity contribution in [2.75, 3.05) is 0 Å². The molecule has 0 heterocycles. The highest BCUT2D eigenvalue weighted by molar-refractivity contribution is 14.1. The van der Waals surface area contributed by atoms with E-state index in [4.69, 9.17) is 0 Å². The summed E-state index contributed by atoms with van der Waals surface area (Å²) in [6, 6.07) is 8.06. The number of rotatable bonds is 2. The fraction of sp³-hybridized carbons (Fsp3) is 0.400. The first-order valence-electron chi connectivity index (χ1n) is 4.21. The van der Waals surface area contributed by atoms with Crippen molar-refractivity contribution >= 4 is 22.6 Å². The molecule has 0 spiro atoms. The Morgan fingerprint density at radius 1 is 1.33 bits per heavy atom. The van der Waals surface area contributed by atoms with Crippen LogP contribution in [0.15, 0.2) is 24.3 Å². The maximum absolute atomic E-state index is 9.84. The first-order chi connectivity index (χ1) is 5.79. The number of aliphatic hydroxyl groups is 1. The fourth-order valence-electron chi connectivity index (χ4n) is 1.38. The van der Waals surface area contributed by atoms with Crippen molar-refractivity contribution in [3.8, 4) is 0 Å². The largest absolute Gasteiger partial charge is 0.388 e. The lowest BCUT2D eigenvalue weighted by atomic mass is 10.1. The lowest BCUT2D eigenvalue weighted by Gasteiger charge is -2.10. The number of halogens is 1. The minimum atomic E-state index is -0.224. The normalized spacial score (nSPS) is 19.2. The molecule has 1 aliphatic rings. The van der Waals surface area contributed by atoms with Crippen LogP contribution in [-0.2, 0) is 0 Å². The van der Waals surface area contributed by atoms with Gasteiger partial charge in [-0.05, 0) is 53.0 Å². The van der Waals surface area contributed by atoms with Gasteiger partial charge in [0.05, 0.1) is 6.10 Å². The highest BCUT2D eigenvalue weighted by atomic mass is 127. The van der Waals surface area contributed by atoms with Crippen LogP contribution in [0, 0.1) is 9.49 Å². The van der Waals surface area contributed by atoms with Crippen molar-refractivity contribution in [1.29, 1.82) is 0 Å². The van der Waals surface area contributed by atoms with E-state index in [-0.39, 0.29) is 6.10 Å². The summed E-state index contributed by atoms with van der Waals surface area (Å²) in [5.74, 6) is 0.529. The van der Waals surface area contributed by atoms with E-state index in [1.54, 1.807) is 0 Å². The first-order valence-corrected chi connectivity index (χ1v) is 5.29. The summed E-state index contributed by atoms with van der Waals surface area (Å²) in [6.45, 7) is 0. The van der Waals surface area contributed by atoms with Crippen LogP contribution in [0.1, 0.15) is 24.5 Å². The average Bonchev–Trinajstić information content (AvgIpc) is 2.86. The summed E-state index contributed by atoms with van der Waals surface area (Å²) < 4.78 is 1.18. The van der Waals surface area contributed by atoms with Crippen LogP contribution >= 0.6 is 22.6 Å². The second-order valence-corrected chi connectivity index (χ2v) is 4.47. The molecule has 2 heteroatoms. The molecule has 2 rings (SSSR count). The summed E-state index contributed by atoms with van der Waals surface area (Å²) >= 11 is 2.28. The Balaban J connectivity index is 2.25. The third-order valence-electron chi connectivity index (χ3n) is 2.29. The van der Waals surface area contributed by atoms with Crippen LogP contribution < -0.4 is 0 Å². The maximum atomic E-state index is 9.84. The van der Waals surface area contributed by atoms with Crippen LogP contribution in [-0.4, -0.2) is 5.11 Å². The van der Waals surface area contributed by atoms with Gasteiger partial charge < -0.3 is 5.11 Å². The Morgan fingerprint density at radius 2 is 2.00 bits per heavy atom. The quantitative estimate of drug-likeness (QED) is 0.822. The van der Waals surface area contributed by atoms with Crippen molar-refractivity contribution in [2.24, 2.45) is 5.92 Å². The minimum absolute atomic E-state index is 0.224. The molecule has 0 amide bonds. The molecule has 0 radical (unpaired) electrons. The zero-order valence-electron chi connectivity index (χ0n) is 6.70. The molecule has 1 aromatic rings. The van der Waals surface area contributed by atoms with Gasteiger partial charge >= 0.3 is 0 Å². The van der Waals surface area contributed by atoms with Gasteiger partial charge in [-0.3, -0.25) is 0 Å². The van der Waals surface area contributed by atoms with Gasteiger partial charge in [0.15, 0.2) is 0 Å². The van der Waals surface area contributed by atoms with E-state index in [1.165, 1.54) is 16.4 Å². The molecule has 64 valence electrons. The van der Waals surface area contributed by atoms with E-state index in [0.717, 1.165) is 5.56 Å². The van der Waals surface area contributed by atoms with Gasteiger partial charge in [-0.2, -0.15) is 0 Å². The molecule has 1 atom stereocenters. The molecular formula is C10H11IO. The summed E-state index contributed by atoms with van der Waals surface area (Å²) in [6.07, 6.45) is 2.15. The van der Waals surface area contributed by atoms with Gasteiger partial charge in [0, 0.05) is 3.57 Å². The van der Waals surface area contributed by atoms with Crippen LogP contribution in [0.4, 0.5) is 0 Å². The smallest absolute Gasteiger partial charge is 0.0828 e. The second-order valence-electron chi connectivity index (χ2n) is 3.30. The zero-order chi connectivity index (χ0) is 8.55. The number of benzene rings is 1. The van der Waals surface area contributed by atoms with Gasteiger partial charge in [-0.15, -0.1) is 0 Å². The van der Waals surface area contributed by atoms with E-state index in [1.807, 2.05) is 24.3 Å². The summed E-state index contributed by atoms with van der Waals surface area (Å²) in [4.78, 5) is 0. The standard InChI is InChI=1S/C10H11IO/c11-9-4-2-1-3-8(9)10(12)7-5-6-7/h1-4,7,10,12H,5-6H2. The molecular weight excluding hydrogens is 263 g/mol. The molecule has 1 aliphatic carbocycles. The van der Waals surface area contributed by atoms with Gasteiger partial charge in [0.1, 0.15) is 0 Å². The van der Waals surface area contributed by atoms with Crippen LogP contribution in [0.3, 0.4) is 0 Å². The fourth-order valence-corrected chi connectivity index (χ4v) is 2.09. The SMILES string of the molecule is OC(c1ccccc1I)C1CC1. The van der Waals surface area contributed by atoms with E-state index in [9.17, 15) is 5.11 Å². The lowest BCUT2D eigenvalue weighted by Crippen LogP contribution is -2.01. The van der Waals surface area contributed by atoms with Gasteiger partial charge in [0.25, 0.3) is 0 Å². The Bertz CT molecular complexity index is 281. The van der Waals surface area contributed by atoms with E-state index >= 15 is 0 Å². The number of hydrogen-bond donors (Lipinski definition) is 1. The molecule has 1 aromatic carbocycles. The van der Waals surface area contributed by atoms with Crippen LogP contribution in [0.25, 0.3) is 0 Å². The minimum Gasteiger partial charge on any atom is -0.388 e. The molecule has 1 nitrogen and oxygen atoms in total. The van der Waals surface area contributed by atoms with E-state index in [2.05, 4.69) is 22.6 Å². The molecule has 0 aliphatic heterocycles. The molecule has 0 aromatic heterocycles. The summed E-state index contributed by atoms with van der Waals surface area (Å²) in [5.41, 5.74) is 1.10. The third kappa shape index (κ3) is 1.64. The molecule has 1 unspecified atom stereocenters. The molecule has 1 N–H and O–H groups in total. The van der Waals surface area contributed by atoms with E-state index < -0.39 is 0 Å². The highest BCUT2D eigenvalue weighted by Crippen LogP contribution is 2.41. The van der Waals surface area contributed by atoms with Gasteiger partial charge in [0.2, 0.25) is 0 Å². The Kier molecular flexibility index (Phi) is 2.37. The average molecular weight is 274 g/mol. The van der Waals surface area contributed by atoms with Crippen molar-refractivity contribution in [1.82, 2.24) is 0 Å². The monoisotopic (exact) mass is 274 g/mol. The topological polar surface area (TPSA) is 20.2 Å². The lowest BCUT2D eigenvalue weighted by molar-refractivity contribution is 0.153. The summed E-state index contributed by atoms with van der Waals surface area (Å²) in [7, 11) is 0. The van der Waals surface area contributed by atoms with Gasteiger partial charge in [-0.25, -0.2) is 0 Å². The predicted octanol–water partition coefficient (Wildman–Crippen LogP) is 2.73. The Hall–Kier alpha value is -0.0900. The van der Waals surface area contributed by atoms with Crippen molar-refractivity contribution in [2.45, 2.75) is 18.9 Å². The highest BCUT2D eigenvalue weighted by Gasteiger charge is 2.31. The number of aliphatic hydroxyl groups excluding tert-OH is 1. The molecule has 1 saturated carbocycles. The molecule has 0 saturated heterocycles.